The van der Waals surface area contributed by atoms with E-state index in [1.807, 2.05) is 49.4 Å². The van der Waals surface area contributed by atoms with Gasteiger partial charge in [0.2, 0.25) is 5.91 Å². The molecular weight excluding hydrogens is 296 g/mol. The van der Waals surface area contributed by atoms with Crippen molar-refractivity contribution in [1.29, 1.82) is 0 Å². The average Bonchev–Trinajstić information content (AvgIpc) is 3.06. The van der Waals surface area contributed by atoms with Gasteiger partial charge in [0.05, 0.1) is 28.6 Å². The van der Waals surface area contributed by atoms with Crippen LogP contribution in [0.3, 0.4) is 0 Å². The molecule has 1 amide bonds. The zero-order valence-corrected chi connectivity index (χ0v) is 13.0. The highest BCUT2D eigenvalue weighted by atomic mass is 32.2. The fourth-order valence-corrected chi connectivity index (χ4v) is 2.93. The van der Waals surface area contributed by atoms with Crippen LogP contribution in [0.5, 0.6) is 0 Å². The van der Waals surface area contributed by atoms with Crippen molar-refractivity contribution in [3.05, 3.63) is 60.6 Å². The summed E-state index contributed by atoms with van der Waals surface area (Å²) in [6.07, 6.45) is 1.60. The minimum absolute atomic E-state index is 0.0311. The molecule has 1 aromatic carbocycles. The molecule has 0 saturated carbocycles. The molecular formula is C17H16N2O2S. The Hall–Kier alpha value is -2.27. The Kier molecular flexibility index (Phi) is 4.44. The zero-order chi connectivity index (χ0) is 15.4. The summed E-state index contributed by atoms with van der Waals surface area (Å²) in [4.78, 5) is 16.7. The van der Waals surface area contributed by atoms with Crippen LogP contribution in [0.15, 0.2) is 64.2 Å². The van der Waals surface area contributed by atoms with Gasteiger partial charge in [0, 0.05) is 5.39 Å². The Labute approximate surface area is 132 Å². The van der Waals surface area contributed by atoms with Crippen LogP contribution in [-0.4, -0.2) is 16.1 Å². The van der Waals surface area contributed by atoms with Gasteiger partial charge in [-0.25, -0.2) is 4.98 Å². The van der Waals surface area contributed by atoms with Gasteiger partial charge in [-0.3, -0.25) is 4.79 Å². The van der Waals surface area contributed by atoms with Gasteiger partial charge in [-0.1, -0.05) is 36.0 Å². The minimum Gasteiger partial charge on any atom is -0.467 e. The van der Waals surface area contributed by atoms with Gasteiger partial charge in [0.25, 0.3) is 0 Å². The number of benzene rings is 1. The lowest BCUT2D eigenvalue weighted by Gasteiger charge is -2.11. The number of aromatic nitrogens is 1. The van der Waals surface area contributed by atoms with Crippen LogP contribution < -0.4 is 5.32 Å². The van der Waals surface area contributed by atoms with Crippen LogP contribution in [0.1, 0.15) is 12.7 Å². The largest absolute Gasteiger partial charge is 0.467 e. The maximum atomic E-state index is 12.1. The molecule has 0 unspecified atom stereocenters. The van der Waals surface area contributed by atoms with E-state index in [0.29, 0.717) is 6.54 Å². The molecule has 5 heteroatoms. The molecule has 22 heavy (non-hydrogen) atoms. The number of furan rings is 1. The smallest absolute Gasteiger partial charge is 0.233 e. The molecule has 3 aromatic rings. The fourth-order valence-electron chi connectivity index (χ4n) is 2.08. The first-order valence-electron chi connectivity index (χ1n) is 7.05. The van der Waals surface area contributed by atoms with Gasteiger partial charge in [-0.05, 0) is 31.2 Å². The molecule has 0 aliphatic heterocycles. The van der Waals surface area contributed by atoms with Crippen LogP contribution in [0.4, 0.5) is 0 Å². The molecule has 3 rings (SSSR count). The molecule has 4 nitrogen and oxygen atoms in total. The van der Waals surface area contributed by atoms with E-state index in [9.17, 15) is 4.79 Å². The molecule has 1 N–H and O–H groups in total. The number of thioether (sulfide) groups is 1. The van der Waals surface area contributed by atoms with Crippen molar-refractivity contribution >= 4 is 28.6 Å². The second-order valence-electron chi connectivity index (χ2n) is 4.90. The number of carbonyl (C=O) groups is 1. The first-order valence-corrected chi connectivity index (χ1v) is 7.93. The maximum Gasteiger partial charge on any atom is 0.233 e. The Morgan fingerprint density at radius 2 is 2.09 bits per heavy atom. The van der Waals surface area contributed by atoms with Crippen LogP contribution in [0.25, 0.3) is 10.9 Å². The summed E-state index contributed by atoms with van der Waals surface area (Å²) in [5, 5.41) is 4.59. The van der Waals surface area contributed by atoms with Crippen molar-refractivity contribution in [2.75, 3.05) is 0 Å². The fraction of sp³-hybridized carbons (Fsp3) is 0.176. The predicted molar refractivity (Wildman–Crippen MR) is 87.6 cm³/mol. The number of amides is 1. The zero-order valence-electron chi connectivity index (χ0n) is 12.2. The van der Waals surface area contributed by atoms with Crippen molar-refractivity contribution in [1.82, 2.24) is 10.3 Å². The van der Waals surface area contributed by atoms with E-state index in [2.05, 4.69) is 10.3 Å². The third kappa shape index (κ3) is 3.49. The number of pyridine rings is 1. The first-order chi connectivity index (χ1) is 10.7. The van der Waals surface area contributed by atoms with Gasteiger partial charge in [-0.2, -0.15) is 0 Å². The van der Waals surface area contributed by atoms with Gasteiger partial charge in [0.1, 0.15) is 5.76 Å². The number of carbonyl (C=O) groups excluding carboxylic acids is 1. The Balaban J connectivity index is 1.61. The molecule has 2 heterocycles. The van der Waals surface area contributed by atoms with Crippen molar-refractivity contribution in [2.24, 2.45) is 0 Å². The molecule has 1 atom stereocenters. The predicted octanol–water partition coefficient (Wildman–Crippen LogP) is 3.62. The van der Waals surface area contributed by atoms with Crippen LogP contribution >= 0.6 is 11.8 Å². The number of para-hydroxylation sites is 1. The van der Waals surface area contributed by atoms with Crippen molar-refractivity contribution < 1.29 is 9.21 Å². The van der Waals surface area contributed by atoms with E-state index in [0.717, 1.165) is 21.7 Å². The SMILES string of the molecule is C[C@H](Sc1ccc2ccccc2n1)C(=O)NCc1ccco1. The Morgan fingerprint density at radius 3 is 2.91 bits per heavy atom. The summed E-state index contributed by atoms with van der Waals surface area (Å²) >= 11 is 1.45. The molecule has 0 spiro atoms. The van der Waals surface area contributed by atoms with Crippen LogP contribution in [-0.2, 0) is 11.3 Å². The summed E-state index contributed by atoms with van der Waals surface area (Å²) in [5.41, 5.74) is 0.940. The monoisotopic (exact) mass is 312 g/mol. The molecule has 2 aromatic heterocycles. The summed E-state index contributed by atoms with van der Waals surface area (Å²) in [5.74, 6) is 0.714. The molecule has 0 bridgehead atoms. The van der Waals surface area contributed by atoms with Gasteiger partial charge >= 0.3 is 0 Å². The van der Waals surface area contributed by atoms with E-state index in [4.69, 9.17) is 4.42 Å². The molecule has 0 aliphatic carbocycles. The average molecular weight is 312 g/mol. The lowest BCUT2D eigenvalue weighted by atomic mass is 10.2. The van der Waals surface area contributed by atoms with E-state index in [1.54, 1.807) is 12.3 Å². The summed E-state index contributed by atoms with van der Waals surface area (Å²) in [7, 11) is 0. The van der Waals surface area contributed by atoms with Crippen molar-refractivity contribution in [2.45, 2.75) is 23.7 Å². The number of fused-ring (bicyclic) bond motifs is 1. The van der Waals surface area contributed by atoms with Gasteiger partial charge in [-0.15, -0.1) is 0 Å². The van der Waals surface area contributed by atoms with Crippen LogP contribution in [0, 0.1) is 0 Å². The lowest BCUT2D eigenvalue weighted by molar-refractivity contribution is -0.120. The van der Waals surface area contributed by atoms with E-state index in [-0.39, 0.29) is 11.2 Å². The van der Waals surface area contributed by atoms with Crippen molar-refractivity contribution in [3.63, 3.8) is 0 Å². The highest BCUT2D eigenvalue weighted by Crippen LogP contribution is 2.24. The number of nitrogens with one attached hydrogen (secondary N) is 1. The number of rotatable bonds is 5. The number of nitrogens with zero attached hydrogens (tertiary/aromatic N) is 1. The number of hydrogen-bond donors (Lipinski definition) is 1. The summed E-state index contributed by atoms with van der Waals surface area (Å²) in [6.45, 7) is 2.28. The highest BCUT2D eigenvalue weighted by molar-refractivity contribution is 8.00. The standard InChI is InChI=1S/C17H16N2O2S/c1-12(17(20)18-11-14-6-4-10-21-14)22-16-9-8-13-5-2-3-7-15(13)19-16/h2-10,12H,11H2,1H3,(H,18,20)/t12-/m0/s1. The van der Waals surface area contributed by atoms with Gasteiger partial charge in [0.15, 0.2) is 0 Å². The van der Waals surface area contributed by atoms with Gasteiger partial charge < -0.3 is 9.73 Å². The maximum absolute atomic E-state index is 12.1. The number of hydrogen-bond acceptors (Lipinski definition) is 4. The first kappa shape index (κ1) is 14.7. The Morgan fingerprint density at radius 1 is 1.23 bits per heavy atom. The molecule has 0 fully saturated rings. The molecule has 112 valence electrons. The second-order valence-corrected chi connectivity index (χ2v) is 6.26. The molecule has 0 aliphatic rings. The third-order valence-electron chi connectivity index (χ3n) is 3.26. The van der Waals surface area contributed by atoms with E-state index < -0.39 is 0 Å². The highest BCUT2D eigenvalue weighted by Gasteiger charge is 2.15. The normalized spacial score (nSPS) is 12.2. The quantitative estimate of drug-likeness (QED) is 0.731. The molecule has 0 radical (unpaired) electrons. The topological polar surface area (TPSA) is 55.1 Å². The summed E-state index contributed by atoms with van der Waals surface area (Å²) < 4.78 is 5.20. The third-order valence-corrected chi connectivity index (χ3v) is 4.29. The van der Waals surface area contributed by atoms with Crippen molar-refractivity contribution in [3.8, 4) is 0 Å². The molecule has 0 saturated heterocycles. The van der Waals surface area contributed by atoms with E-state index in [1.165, 1.54) is 11.8 Å². The Bertz CT molecular complexity index is 771. The minimum atomic E-state index is -0.219. The van der Waals surface area contributed by atoms with Crippen LogP contribution in [0.2, 0.25) is 0 Å². The summed E-state index contributed by atoms with van der Waals surface area (Å²) in [6, 6.07) is 15.6. The lowest BCUT2D eigenvalue weighted by Crippen LogP contribution is -2.30. The van der Waals surface area contributed by atoms with E-state index >= 15 is 0 Å². The second kappa shape index (κ2) is 6.66.